The van der Waals surface area contributed by atoms with Crippen molar-refractivity contribution in [3.63, 3.8) is 0 Å². The lowest BCUT2D eigenvalue weighted by molar-refractivity contribution is 0.433. The topological polar surface area (TPSA) is 67.3 Å². The fourth-order valence-corrected chi connectivity index (χ4v) is 1.28. The molecule has 0 aromatic carbocycles. The highest BCUT2D eigenvalue weighted by Crippen LogP contribution is 1.94. The predicted octanol–water partition coefficient (Wildman–Crippen LogP) is -0.990. The third-order valence-corrected chi connectivity index (χ3v) is 2.09. The smallest absolute Gasteiger partial charge is 0.133 e. The Hall–Kier alpha value is 0.120. The normalized spacial score (nSPS) is 10.1. The second-order valence-electron chi connectivity index (χ2n) is 2.60. The Balaban J connectivity index is 3.51. The SMILES string of the molecule is NCCNCCN(CCN)C(=S)S. The Morgan fingerprint density at radius 2 is 1.92 bits per heavy atom. The van der Waals surface area contributed by atoms with E-state index in [0.29, 0.717) is 17.4 Å². The summed E-state index contributed by atoms with van der Waals surface area (Å²) in [6.07, 6.45) is 0. The third-order valence-electron chi connectivity index (χ3n) is 1.55. The van der Waals surface area contributed by atoms with Gasteiger partial charge < -0.3 is 21.7 Å². The van der Waals surface area contributed by atoms with E-state index in [1.165, 1.54) is 0 Å². The van der Waals surface area contributed by atoms with Crippen LogP contribution in [0.2, 0.25) is 0 Å². The van der Waals surface area contributed by atoms with Crippen molar-refractivity contribution in [1.82, 2.24) is 10.2 Å². The van der Waals surface area contributed by atoms with Crippen LogP contribution >= 0.6 is 24.8 Å². The summed E-state index contributed by atoms with van der Waals surface area (Å²) >= 11 is 9.04. The van der Waals surface area contributed by atoms with Crippen molar-refractivity contribution in [2.24, 2.45) is 11.5 Å². The van der Waals surface area contributed by atoms with E-state index in [0.717, 1.165) is 26.2 Å². The molecule has 0 aromatic rings. The molecule has 13 heavy (non-hydrogen) atoms. The molecule has 0 spiro atoms. The number of nitrogens with two attached hydrogens (primary N) is 2. The van der Waals surface area contributed by atoms with Crippen LogP contribution in [0.5, 0.6) is 0 Å². The quantitative estimate of drug-likeness (QED) is 0.253. The Morgan fingerprint density at radius 3 is 2.38 bits per heavy atom. The van der Waals surface area contributed by atoms with Crippen LogP contribution in [-0.4, -0.2) is 48.5 Å². The van der Waals surface area contributed by atoms with E-state index in [4.69, 9.17) is 23.7 Å². The summed E-state index contributed by atoms with van der Waals surface area (Å²) in [5.41, 5.74) is 10.7. The summed E-state index contributed by atoms with van der Waals surface area (Å²) in [5, 5.41) is 3.18. The number of rotatable bonds is 7. The maximum atomic E-state index is 5.42. The first-order valence-corrected chi connectivity index (χ1v) is 5.16. The number of nitrogens with one attached hydrogen (secondary N) is 1. The largest absolute Gasteiger partial charge is 0.355 e. The van der Waals surface area contributed by atoms with E-state index in [9.17, 15) is 0 Å². The monoisotopic (exact) mass is 222 g/mol. The molecule has 0 radical (unpaired) electrons. The Morgan fingerprint density at radius 1 is 1.23 bits per heavy atom. The third kappa shape index (κ3) is 7.21. The van der Waals surface area contributed by atoms with E-state index >= 15 is 0 Å². The fourth-order valence-electron chi connectivity index (χ4n) is 0.900. The van der Waals surface area contributed by atoms with Gasteiger partial charge in [-0.15, -0.1) is 12.6 Å². The molecule has 0 rings (SSSR count). The van der Waals surface area contributed by atoms with Gasteiger partial charge in [-0.25, -0.2) is 0 Å². The summed E-state index contributed by atoms with van der Waals surface area (Å²) in [6.45, 7) is 4.53. The first-order valence-electron chi connectivity index (χ1n) is 4.31. The minimum atomic E-state index is 0.595. The fraction of sp³-hybridized carbons (Fsp3) is 0.857. The Kier molecular flexibility index (Phi) is 8.79. The van der Waals surface area contributed by atoms with E-state index < -0.39 is 0 Å². The lowest BCUT2D eigenvalue weighted by Crippen LogP contribution is -2.38. The number of thiocarbonyl (C=S) groups is 1. The summed E-state index contributed by atoms with van der Waals surface area (Å²) in [7, 11) is 0. The Bertz CT molecular complexity index is 142. The average Bonchev–Trinajstić information content (AvgIpc) is 2.10. The van der Waals surface area contributed by atoms with E-state index in [-0.39, 0.29) is 0 Å². The van der Waals surface area contributed by atoms with Gasteiger partial charge in [0, 0.05) is 39.3 Å². The van der Waals surface area contributed by atoms with Crippen molar-refractivity contribution in [1.29, 1.82) is 0 Å². The molecule has 0 amide bonds. The minimum absolute atomic E-state index is 0.595. The lowest BCUT2D eigenvalue weighted by atomic mass is 10.5. The minimum Gasteiger partial charge on any atom is -0.355 e. The van der Waals surface area contributed by atoms with Crippen molar-refractivity contribution in [2.45, 2.75) is 0 Å². The summed E-state index contributed by atoms with van der Waals surface area (Å²) in [4.78, 5) is 1.96. The second-order valence-corrected chi connectivity index (χ2v) is 3.71. The van der Waals surface area contributed by atoms with Crippen LogP contribution in [0.25, 0.3) is 0 Å². The van der Waals surface area contributed by atoms with Gasteiger partial charge in [-0.05, 0) is 0 Å². The summed E-state index contributed by atoms with van der Waals surface area (Å²) in [5.74, 6) is 0. The molecule has 0 atom stereocenters. The highest BCUT2D eigenvalue weighted by Gasteiger charge is 2.03. The molecular formula is C7H18N4S2. The lowest BCUT2D eigenvalue weighted by Gasteiger charge is -2.21. The molecule has 0 aliphatic rings. The van der Waals surface area contributed by atoms with Gasteiger partial charge >= 0.3 is 0 Å². The maximum absolute atomic E-state index is 5.42. The van der Waals surface area contributed by atoms with Gasteiger partial charge in [0.25, 0.3) is 0 Å². The second kappa shape index (κ2) is 8.71. The Labute approximate surface area is 90.4 Å². The van der Waals surface area contributed by atoms with Gasteiger partial charge in [0.1, 0.15) is 4.32 Å². The predicted molar refractivity (Wildman–Crippen MR) is 64.1 cm³/mol. The van der Waals surface area contributed by atoms with Gasteiger partial charge in [-0.1, -0.05) is 12.2 Å². The molecule has 0 aliphatic heterocycles. The highest BCUT2D eigenvalue weighted by molar-refractivity contribution is 8.10. The number of hydrogen-bond acceptors (Lipinski definition) is 4. The van der Waals surface area contributed by atoms with Crippen LogP contribution < -0.4 is 16.8 Å². The van der Waals surface area contributed by atoms with Crippen LogP contribution in [0.3, 0.4) is 0 Å². The van der Waals surface area contributed by atoms with Crippen molar-refractivity contribution in [2.75, 3.05) is 39.3 Å². The number of thiol groups is 1. The molecule has 0 aliphatic carbocycles. The zero-order chi connectivity index (χ0) is 10.1. The molecule has 0 unspecified atom stereocenters. The van der Waals surface area contributed by atoms with Gasteiger partial charge in [-0.3, -0.25) is 0 Å². The van der Waals surface area contributed by atoms with Crippen LogP contribution in [0, 0.1) is 0 Å². The van der Waals surface area contributed by atoms with Crippen molar-refractivity contribution in [3.05, 3.63) is 0 Å². The van der Waals surface area contributed by atoms with E-state index in [1.807, 2.05) is 4.90 Å². The average molecular weight is 222 g/mol. The maximum Gasteiger partial charge on any atom is 0.133 e. The molecular weight excluding hydrogens is 204 g/mol. The van der Waals surface area contributed by atoms with Gasteiger partial charge in [-0.2, -0.15) is 0 Å². The molecule has 0 saturated heterocycles. The van der Waals surface area contributed by atoms with E-state index in [1.54, 1.807) is 0 Å². The molecule has 0 aromatic heterocycles. The van der Waals surface area contributed by atoms with Gasteiger partial charge in [0.2, 0.25) is 0 Å². The highest BCUT2D eigenvalue weighted by atomic mass is 32.1. The molecule has 0 heterocycles. The van der Waals surface area contributed by atoms with E-state index in [2.05, 4.69) is 17.9 Å². The zero-order valence-electron chi connectivity index (χ0n) is 7.70. The van der Waals surface area contributed by atoms with Crippen molar-refractivity contribution in [3.8, 4) is 0 Å². The molecule has 0 bridgehead atoms. The molecule has 0 fully saturated rings. The first-order chi connectivity index (χ1) is 6.22. The molecule has 5 N–H and O–H groups in total. The van der Waals surface area contributed by atoms with Gasteiger partial charge in [0.15, 0.2) is 0 Å². The molecule has 78 valence electrons. The van der Waals surface area contributed by atoms with Crippen LogP contribution in [0.1, 0.15) is 0 Å². The molecule has 6 heteroatoms. The number of nitrogens with zero attached hydrogens (tertiary/aromatic N) is 1. The molecule has 4 nitrogen and oxygen atoms in total. The molecule has 0 saturated carbocycles. The van der Waals surface area contributed by atoms with Crippen LogP contribution in [0.15, 0.2) is 0 Å². The van der Waals surface area contributed by atoms with Crippen molar-refractivity contribution >= 4 is 29.2 Å². The summed E-state index contributed by atoms with van der Waals surface area (Å²) < 4.78 is 0.597. The standard InChI is InChI=1S/C7H18N4S2/c8-1-3-10-4-6-11(5-2-9)7(12)13/h10H,1-6,8-9H2,(H,12,13). The summed E-state index contributed by atoms with van der Waals surface area (Å²) in [6, 6.07) is 0. The van der Waals surface area contributed by atoms with Crippen molar-refractivity contribution < 1.29 is 0 Å². The van der Waals surface area contributed by atoms with Crippen LogP contribution in [0.4, 0.5) is 0 Å². The zero-order valence-corrected chi connectivity index (χ0v) is 9.41. The van der Waals surface area contributed by atoms with Gasteiger partial charge in [0.05, 0.1) is 0 Å². The number of hydrogen-bond donors (Lipinski definition) is 4. The van der Waals surface area contributed by atoms with Crippen LogP contribution in [-0.2, 0) is 0 Å². The first kappa shape index (κ1) is 13.1.